The van der Waals surface area contributed by atoms with Crippen LogP contribution in [-0.2, 0) is 11.3 Å². The van der Waals surface area contributed by atoms with Gasteiger partial charge in [0.1, 0.15) is 17.2 Å². The Bertz CT molecular complexity index is 546. The fraction of sp³-hybridized carbons (Fsp3) is 0.167. The lowest BCUT2D eigenvalue weighted by molar-refractivity contribution is 0.0473. The summed E-state index contributed by atoms with van der Waals surface area (Å²) in [6, 6.07) is 7.57. The fourth-order valence-corrected chi connectivity index (χ4v) is 2.35. The molecule has 18 heavy (non-hydrogen) atoms. The van der Waals surface area contributed by atoms with Crippen LogP contribution in [-0.4, -0.2) is 10.3 Å². The van der Waals surface area contributed by atoms with Crippen molar-refractivity contribution in [2.45, 2.75) is 13.5 Å². The Hall–Kier alpha value is -1.40. The Balaban J connectivity index is 2.03. The molecule has 0 aliphatic heterocycles. The number of hydrogen-bond donors (Lipinski definition) is 1. The van der Waals surface area contributed by atoms with Gasteiger partial charge in [-0.3, -0.25) is 0 Å². The van der Waals surface area contributed by atoms with E-state index in [1.54, 1.807) is 6.92 Å². The van der Waals surface area contributed by atoms with Gasteiger partial charge in [-0.25, -0.2) is 4.79 Å². The Morgan fingerprint density at radius 3 is 2.67 bits per heavy atom. The highest BCUT2D eigenvalue weighted by molar-refractivity contribution is 9.10. The molecule has 2 rings (SSSR count). The molecule has 0 amide bonds. The second kappa shape index (κ2) is 5.49. The second-order valence-corrected chi connectivity index (χ2v) is 5.43. The quantitative estimate of drug-likeness (QED) is 0.880. The summed E-state index contributed by atoms with van der Waals surface area (Å²) in [4.78, 5) is 11.8. The van der Waals surface area contributed by atoms with Gasteiger partial charge in [0.15, 0.2) is 0 Å². The van der Waals surface area contributed by atoms with Crippen LogP contribution < -0.4 is 5.73 Å². The minimum Gasteiger partial charge on any atom is -0.457 e. The lowest BCUT2D eigenvalue weighted by Crippen LogP contribution is -2.08. The largest absolute Gasteiger partial charge is 0.457 e. The number of nitrogens with zero attached hydrogens (tertiary/aromatic N) is 1. The van der Waals surface area contributed by atoms with E-state index in [9.17, 15) is 4.79 Å². The number of ether oxygens (including phenoxy) is 1. The summed E-state index contributed by atoms with van der Waals surface area (Å²) < 4.78 is 10.2. The summed E-state index contributed by atoms with van der Waals surface area (Å²) in [7, 11) is 0. The first-order chi connectivity index (χ1) is 8.58. The summed E-state index contributed by atoms with van der Waals surface area (Å²) in [6.45, 7) is 1.96. The predicted octanol–water partition coefficient (Wildman–Crippen LogP) is 3.15. The third-order valence-corrected chi connectivity index (χ3v) is 3.67. The summed E-state index contributed by atoms with van der Waals surface area (Å²) >= 11 is 4.45. The first-order valence-corrected chi connectivity index (χ1v) is 6.78. The molecule has 1 heterocycles. The van der Waals surface area contributed by atoms with Crippen LogP contribution in [0.25, 0.3) is 0 Å². The first-order valence-electron chi connectivity index (χ1n) is 5.21. The maximum Gasteiger partial charge on any atom is 0.343 e. The van der Waals surface area contributed by atoms with Gasteiger partial charge in [0, 0.05) is 4.47 Å². The molecular formula is C12H11BrN2O2S. The molecule has 1 aromatic carbocycles. The zero-order valence-corrected chi connectivity index (χ0v) is 12.0. The molecule has 0 unspecified atom stereocenters. The number of rotatable bonds is 3. The number of nitrogens with two attached hydrogens (primary N) is 1. The standard InChI is InChI=1S/C12H11BrN2O2S/c1-7-10(11(14)18-15-7)12(16)17-6-8-2-4-9(13)5-3-8/h2-5H,6,14H2,1H3. The van der Waals surface area contributed by atoms with Crippen molar-refractivity contribution in [3.8, 4) is 0 Å². The van der Waals surface area contributed by atoms with Crippen molar-refractivity contribution in [1.82, 2.24) is 4.37 Å². The van der Waals surface area contributed by atoms with Gasteiger partial charge in [-0.1, -0.05) is 28.1 Å². The van der Waals surface area contributed by atoms with E-state index in [0.717, 1.165) is 21.6 Å². The highest BCUT2D eigenvalue weighted by atomic mass is 79.9. The van der Waals surface area contributed by atoms with Gasteiger partial charge < -0.3 is 10.5 Å². The van der Waals surface area contributed by atoms with Crippen molar-refractivity contribution >= 4 is 38.4 Å². The number of benzene rings is 1. The maximum absolute atomic E-state index is 11.8. The Morgan fingerprint density at radius 1 is 1.44 bits per heavy atom. The number of halogens is 1. The van der Waals surface area contributed by atoms with Gasteiger partial charge in [-0.15, -0.1) is 0 Å². The third kappa shape index (κ3) is 2.88. The maximum atomic E-state index is 11.8. The number of carbonyl (C=O) groups excluding carboxylic acids is 1. The number of aryl methyl sites for hydroxylation is 1. The molecule has 0 saturated carbocycles. The number of esters is 1. The molecule has 0 aliphatic rings. The van der Waals surface area contributed by atoms with Crippen molar-refractivity contribution in [3.05, 3.63) is 45.6 Å². The third-order valence-electron chi connectivity index (χ3n) is 2.38. The lowest BCUT2D eigenvalue weighted by atomic mass is 10.2. The van der Waals surface area contributed by atoms with Crippen molar-refractivity contribution in [1.29, 1.82) is 0 Å². The number of aromatic nitrogens is 1. The van der Waals surface area contributed by atoms with E-state index >= 15 is 0 Å². The number of nitrogen functional groups attached to an aromatic ring is 1. The van der Waals surface area contributed by atoms with Crippen LogP contribution >= 0.6 is 27.5 Å². The molecule has 2 aromatic rings. The summed E-state index contributed by atoms with van der Waals surface area (Å²) in [5.41, 5.74) is 7.58. The second-order valence-electron chi connectivity index (χ2n) is 3.71. The fourth-order valence-electron chi connectivity index (χ4n) is 1.44. The number of anilines is 1. The Kier molecular flexibility index (Phi) is 3.98. The number of hydrogen-bond acceptors (Lipinski definition) is 5. The van der Waals surface area contributed by atoms with Crippen LogP contribution in [0.15, 0.2) is 28.7 Å². The summed E-state index contributed by atoms with van der Waals surface area (Å²) in [5.74, 6) is -0.429. The summed E-state index contributed by atoms with van der Waals surface area (Å²) in [5, 5.41) is 0.397. The SMILES string of the molecule is Cc1nsc(N)c1C(=O)OCc1ccc(Br)cc1. The van der Waals surface area contributed by atoms with Crippen LogP contribution in [0.5, 0.6) is 0 Å². The van der Waals surface area contributed by atoms with E-state index in [-0.39, 0.29) is 6.61 Å². The zero-order valence-electron chi connectivity index (χ0n) is 9.64. The molecule has 0 spiro atoms. The number of carbonyl (C=O) groups is 1. The van der Waals surface area contributed by atoms with Gasteiger partial charge in [0.05, 0.1) is 5.69 Å². The first kappa shape index (κ1) is 13.0. The van der Waals surface area contributed by atoms with E-state index in [1.165, 1.54) is 0 Å². The highest BCUT2D eigenvalue weighted by Gasteiger charge is 2.17. The van der Waals surface area contributed by atoms with E-state index in [0.29, 0.717) is 16.3 Å². The van der Waals surface area contributed by atoms with Crippen LogP contribution in [0.2, 0.25) is 0 Å². The van der Waals surface area contributed by atoms with E-state index in [4.69, 9.17) is 10.5 Å². The predicted molar refractivity (Wildman–Crippen MR) is 74.5 cm³/mol. The smallest absolute Gasteiger partial charge is 0.343 e. The minimum absolute atomic E-state index is 0.223. The van der Waals surface area contributed by atoms with E-state index in [2.05, 4.69) is 20.3 Å². The molecule has 0 saturated heterocycles. The molecule has 2 N–H and O–H groups in total. The molecule has 1 aromatic heterocycles. The molecular weight excluding hydrogens is 316 g/mol. The van der Waals surface area contributed by atoms with Crippen LogP contribution in [0.4, 0.5) is 5.00 Å². The normalized spacial score (nSPS) is 10.3. The summed E-state index contributed by atoms with van der Waals surface area (Å²) in [6.07, 6.45) is 0. The average molecular weight is 327 g/mol. The zero-order chi connectivity index (χ0) is 13.1. The van der Waals surface area contributed by atoms with Crippen LogP contribution in [0, 0.1) is 6.92 Å². The molecule has 0 atom stereocenters. The average Bonchev–Trinajstić information content (AvgIpc) is 2.68. The van der Waals surface area contributed by atoms with Gasteiger partial charge in [0.2, 0.25) is 0 Å². The van der Waals surface area contributed by atoms with Crippen molar-refractivity contribution in [2.75, 3.05) is 5.73 Å². The molecule has 6 heteroatoms. The monoisotopic (exact) mass is 326 g/mol. The topological polar surface area (TPSA) is 65.2 Å². The van der Waals surface area contributed by atoms with Crippen molar-refractivity contribution < 1.29 is 9.53 Å². The van der Waals surface area contributed by atoms with E-state index < -0.39 is 5.97 Å². The molecule has 0 aliphatic carbocycles. The highest BCUT2D eigenvalue weighted by Crippen LogP contribution is 2.22. The van der Waals surface area contributed by atoms with Gasteiger partial charge in [-0.05, 0) is 36.2 Å². The van der Waals surface area contributed by atoms with Gasteiger partial charge in [-0.2, -0.15) is 4.37 Å². The molecule has 0 fully saturated rings. The molecule has 4 nitrogen and oxygen atoms in total. The lowest BCUT2D eigenvalue weighted by Gasteiger charge is -2.05. The van der Waals surface area contributed by atoms with Crippen LogP contribution in [0.1, 0.15) is 21.6 Å². The van der Waals surface area contributed by atoms with Gasteiger partial charge >= 0.3 is 5.97 Å². The Morgan fingerprint density at radius 2 is 2.11 bits per heavy atom. The molecule has 0 bridgehead atoms. The minimum atomic E-state index is -0.429. The molecule has 94 valence electrons. The van der Waals surface area contributed by atoms with E-state index in [1.807, 2.05) is 24.3 Å². The van der Waals surface area contributed by atoms with Gasteiger partial charge in [0.25, 0.3) is 0 Å². The van der Waals surface area contributed by atoms with Crippen molar-refractivity contribution in [2.24, 2.45) is 0 Å². The molecule has 0 radical (unpaired) electrons. The van der Waals surface area contributed by atoms with Crippen molar-refractivity contribution in [3.63, 3.8) is 0 Å². The van der Waals surface area contributed by atoms with Crippen LogP contribution in [0.3, 0.4) is 0 Å². The Labute approximate surface area is 117 Å².